The number of carbonyl (C=O) groups is 1. The van der Waals surface area contributed by atoms with Crippen molar-refractivity contribution in [2.24, 2.45) is 0 Å². The molecule has 1 N–H and O–H groups in total. The monoisotopic (exact) mass is 397 g/mol. The van der Waals surface area contributed by atoms with Crippen LogP contribution in [-0.2, 0) is 23.1 Å². The predicted molar refractivity (Wildman–Crippen MR) is 114 cm³/mol. The third-order valence-corrected chi connectivity index (χ3v) is 5.01. The highest BCUT2D eigenvalue weighted by molar-refractivity contribution is 5.69. The van der Waals surface area contributed by atoms with E-state index in [4.69, 9.17) is 14.2 Å². The molecule has 0 spiro atoms. The molecule has 1 aliphatic carbocycles. The Morgan fingerprint density at radius 1 is 0.966 bits per heavy atom. The smallest absolute Gasteiger partial charge is 0.408 e. The summed E-state index contributed by atoms with van der Waals surface area (Å²) < 4.78 is 17.3. The Balaban J connectivity index is 1.77. The zero-order valence-electron chi connectivity index (χ0n) is 18.2. The first kappa shape index (κ1) is 21.0. The maximum atomic E-state index is 12.3. The van der Waals surface area contributed by atoms with Gasteiger partial charge in [-0.1, -0.05) is 30.3 Å². The van der Waals surface area contributed by atoms with Crippen LogP contribution in [-0.4, -0.2) is 24.9 Å². The van der Waals surface area contributed by atoms with Crippen molar-refractivity contribution in [3.05, 3.63) is 59.2 Å². The van der Waals surface area contributed by atoms with Crippen LogP contribution in [0.1, 0.15) is 51.3 Å². The fourth-order valence-corrected chi connectivity index (χ4v) is 3.57. The van der Waals surface area contributed by atoms with Crippen LogP contribution in [0.15, 0.2) is 42.5 Å². The van der Waals surface area contributed by atoms with Crippen molar-refractivity contribution in [2.45, 2.75) is 64.7 Å². The Kier molecular flexibility index (Phi) is 5.78. The largest absolute Gasteiger partial charge is 0.493 e. The molecule has 29 heavy (non-hydrogen) atoms. The summed E-state index contributed by atoms with van der Waals surface area (Å²) in [6.07, 6.45) is 1.37. The molecule has 0 fully saturated rings. The van der Waals surface area contributed by atoms with Gasteiger partial charge in [0.05, 0.1) is 12.6 Å². The van der Waals surface area contributed by atoms with Gasteiger partial charge in [0.1, 0.15) is 11.7 Å². The van der Waals surface area contributed by atoms with Gasteiger partial charge in [0.15, 0.2) is 11.5 Å². The number of amides is 1. The molecule has 2 aromatic rings. The first-order chi connectivity index (χ1) is 13.6. The maximum absolute atomic E-state index is 12.3. The zero-order valence-corrected chi connectivity index (χ0v) is 18.2. The van der Waals surface area contributed by atoms with Gasteiger partial charge in [-0.2, -0.15) is 0 Å². The molecular formula is C24H31NO4. The Hall–Kier alpha value is -2.69. The van der Waals surface area contributed by atoms with Crippen LogP contribution in [0.2, 0.25) is 0 Å². The number of methoxy groups -OCH3 is 1. The van der Waals surface area contributed by atoms with Crippen molar-refractivity contribution in [1.82, 2.24) is 5.32 Å². The number of carbonyl (C=O) groups excluding carboxylic acids is 1. The van der Waals surface area contributed by atoms with E-state index < -0.39 is 17.2 Å². The Bertz CT molecular complexity index is 858. The molecule has 0 atom stereocenters. The number of alkyl carbamates (subject to hydrolysis) is 1. The zero-order chi connectivity index (χ0) is 21.2. The van der Waals surface area contributed by atoms with Gasteiger partial charge in [-0.3, -0.25) is 0 Å². The summed E-state index contributed by atoms with van der Waals surface area (Å²) in [4.78, 5) is 12.3. The fourth-order valence-electron chi connectivity index (χ4n) is 3.57. The van der Waals surface area contributed by atoms with Gasteiger partial charge < -0.3 is 19.5 Å². The third-order valence-electron chi connectivity index (χ3n) is 5.01. The lowest BCUT2D eigenvalue weighted by Gasteiger charge is -2.30. The van der Waals surface area contributed by atoms with E-state index in [0.29, 0.717) is 11.5 Å². The molecular weight excluding hydrogens is 366 g/mol. The molecule has 0 aliphatic heterocycles. The summed E-state index contributed by atoms with van der Waals surface area (Å²) >= 11 is 0. The second-order valence-electron chi connectivity index (χ2n) is 9.03. The lowest BCUT2D eigenvalue weighted by Crippen LogP contribution is -2.43. The SMILES string of the molecule is COc1ccc(C(C)(C)NC(=O)OC(C)(C)C)cc1OC1Cc2ccccc2C1. The molecule has 0 bridgehead atoms. The summed E-state index contributed by atoms with van der Waals surface area (Å²) in [6.45, 7) is 9.41. The first-order valence-electron chi connectivity index (χ1n) is 10.0. The highest BCUT2D eigenvalue weighted by atomic mass is 16.6. The Labute approximate surface area is 173 Å². The van der Waals surface area contributed by atoms with Crippen LogP contribution in [0.3, 0.4) is 0 Å². The molecule has 0 heterocycles. The minimum atomic E-state index is -0.634. The summed E-state index contributed by atoms with van der Waals surface area (Å²) in [7, 11) is 1.63. The van der Waals surface area contributed by atoms with Crippen LogP contribution in [0.25, 0.3) is 0 Å². The molecule has 2 aromatic carbocycles. The van der Waals surface area contributed by atoms with Gasteiger partial charge in [0.25, 0.3) is 0 Å². The number of hydrogen-bond acceptors (Lipinski definition) is 4. The van der Waals surface area contributed by atoms with Crippen LogP contribution < -0.4 is 14.8 Å². The quantitative estimate of drug-likeness (QED) is 0.771. The maximum Gasteiger partial charge on any atom is 0.408 e. The number of hydrogen-bond donors (Lipinski definition) is 1. The summed E-state index contributed by atoms with van der Waals surface area (Å²) in [5.41, 5.74) is 2.39. The average Bonchev–Trinajstić information content (AvgIpc) is 3.01. The van der Waals surface area contributed by atoms with E-state index in [2.05, 4.69) is 29.6 Å². The van der Waals surface area contributed by atoms with Gasteiger partial charge in [-0.05, 0) is 63.4 Å². The van der Waals surface area contributed by atoms with Crippen LogP contribution in [0.5, 0.6) is 11.5 Å². The molecule has 0 aromatic heterocycles. The standard InChI is InChI=1S/C24H31NO4/c1-23(2,3)29-22(26)25-24(4,5)18-11-12-20(27-6)21(15-18)28-19-13-16-9-7-8-10-17(16)14-19/h7-12,15,19H,13-14H2,1-6H3,(H,25,26). The van der Waals surface area contributed by atoms with Crippen molar-refractivity contribution in [3.63, 3.8) is 0 Å². The van der Waals surface area contributed by atoms with Gasteiger partial charge in [0, 0.05) is 12.8 Å². The minimum Gasteiger partial charge on any atom is -0.493 e. The van der Waals surface area contributed by atoms with Gasteiger partial charge in [-0.25, -0.2) is 4.79 Å². The summed E-state index contributed by atoms with van der Waals surface area (Å²) in [6, 6.07) is 14.2. The van der Waals surface area contributed by atoms with E-state index in [9.17, 15) is 4.79 Å². The molecule has 0 saturated carbocycles. The van der Waals surface area contributed by atoms with E-state index in [1.165, 1.54) is 11.1 Å². The minimum absolute atomic E-state index is 0.0680. The number of benzene rings is 2. The molecule has 3 rings (SSSR count). The normalized spacial score (nSPS) is 14.3. The second-order valence-corrected chi connectivity index (χ2v) is 9.03. The highest BCUT2D eigenvalue weighted by Crippen LogP contribution is 2.35. The van der Waals surface area contributed by atoms with E-state index in [-0.39, 0.29) is 6.10 Å². The van der Waals surface area contributed by atoms with Gasteiger partial charge in [-0.15, -0.1) is 0 Å². The van der Waals surface area contributed by atoms with E-state index in [0.717, 1.165) is 18.4 Å². The highest BCUT2D eigenvalue weighted by Gasteiger charge is 2.28. The van der Waals surface area contributed by atoms with Crippen molar-refractivity contribution in [1.29, 1.82) is 0 Å². The fraction of sp³-hybridized carbons (Fsp3) is 0.458. The van der Waals surface area contributed by atoms with Gasteiger partial charge >= 0.3 is 6.09 Å². The number of nitrogens with one attached hydrogen (secondary N) is 1. The average molecular weight is 398 g/mol. The molecule has 1 amide bonds. The van der Waals surface area contributed by atoms with Gasteiger partial charge in [0.2, 0.25) is 0 Å². The topological polar surface area (TPSA) is 56.8 Å². The summed E-state index contributed by atoms with van der Waals surface area (Å²) in [5, 5.41) is 2.94. The lowest BCUT2D eigenvalue weighted by molar-refractivity contribution is 0.0470. The molecule has 0 unspecified atom stereocenters. The molecule has 0 saturated heterocycles. The molecule has 156 valence electrons. The molecule has 1 aliphatic rings. The Morgan fingerprint density at radius 2 is 1.59 bits per heavy atom. The predicted octanol–water partition coefficient (Wildman–Crippen LogP) is 5.00. The van der Waals surface area contributed by atoms with Crippen LogP contribution in [0, 0.1) is 0 Å². The molecule has 5 heteroatoms. The van der Waals surface area contributed by atoms with Crippen molar-refractivity contribution >= 4 is 6.09 Å². The van der Waals surface area contributed by atoms with Crippen molar-refractivity contribution < 1.29 is 19.0 Å². The second kappa shape index (κ2) is 7.97. The molecule has 0 radical (unpaired) electrons. The van der Waals surface area contributed by atoms with E-state index in [1.807, 2.05) is 52.8 Å². The van der Waals surface area contributed by atoms with E-state index in [1.54, 1.807) is 7.11 Å². The van der Waals surface area contributed by atoms with Crippen molar-refractivity contribution in [2.75, 3.05) is 7.11 Å². The van der Waals surface area contributed by atoms with E-state index >= 15 is 0 Å². The van der Waals surface area contributed by atoms with Crippen LogP contribution >= 0.6 is 0 Å². The Morgan fingerprint density at radius 3 is 2.14 bits per heavy atom. The summed E-state index contributed by atoms with van der Waals surface area (Å²) in [5.74, 6) is 1.36. The third kappa shape index (κ3) is 5.22. The van der Waals surface area contributed by atoms with Crippen LogP contribution in [0.4, 0.5) is 4.79 Å². The number of rotatable bonds is 5. The number of ether oxygens (including phenoxy) is 3. The van der Waals surface area contributed by atoms with Crippen molar-refractivity contribution in [3.8, 4) is 11.5 Å². The molecule has 5 nitrogen and oxygen atoms in total. The lowest BCUT2D eigenvalue weighted by atomic mass is 9.94. The number of fused-ring (bicyclic) bond motifs is 1. The first-order valence-corrected chi connectivity index (χ1v) is 10.0.